The lowest BCUT2D eigenvalue weighted by atomic mass is 9.98. The lowest BCUT2D eigenvalue weighted by Crippen LogP contribution is -2.09. The van der Waals surface area contributed by atoms with Gasteiger partial charge in [-0.3, -0.25) is 0 Å². The fraction of sp³-hybridized carbons (Fsp3) is 0.294. The molecule has 3 rings (SSSR count). The van der Waals surface area contributed by atoms with Gasteiger partial charge in [0.2, 0.25) is 0 Å². The van der Waals surface area contributed by atoms with Gasteiger partial charge in [0.25, 0.3) is 0 Å². The summed E-state index contributed by atoms with van der Waals surface area (Å²) < 4.78 is 6.82. The topological polar surface area (TPSA) is 9.23 Å². The maximum atomic E-state index is 5.68. The van der Waals surface area contributed by atoms with Gasteiger partial charge in [0.1, 0.15) is 5.75 Å². The van der Waals surface area contributed by atoms with Gasteiger partial charge in [0.15, 0.2) is 0 Å². The number of ether oxygens (including phenoxy) is 1. The van der Waals surface area contributed by atoms with Gasteiger partial charge in [0.05, 0.1) is 11.4 Å². The summed E-state index contributed by atoms with van der Waals surface area (Å²) in [5.41, 5.74) is 5.14. The molecule has 0 fully saturated rings. The van der Waals surface area contributed by atoms with Crippen LogP contribution in [0.2, 0.25) is 0 Å². The van der Waals surface area contributed by atoms with Gasteiger partial charge >= 0.3 is 0 Å². The minimum Gasteiger partial charge on any atom is -0.493 e. The first-order valence-corrected chi connectivity index (χ1v) is 8.52. The van der Waals surface area contributed by atoms with Gasteiger partial charge in [-0.1, -0.05) is 61.7 Å². The van der Waals surface area contributed by atoms with E-state index in [-0.39, 0.29) is 4.83 Å². The standard InChI is InChI=1S/C17H16Br2O/c1-11-4-6-15(18)14(9-11)17(19)13-5-7-16-12(10-13)3-2-8-20-16/h4-7,9-10,17H,2-3,8H2,1H3. The molecule has 1 atom stereocenters. The van der Waals surface area contributed by atoms with E-state index >= 15 is 0 Å². The fourth-order valence-electron chi connectivity index (χ4n) is 2.57. The average molecular weight is 396 g/mol. The molecular weight excluding hydrogens is 380 g/mol. The zero-order valence-electron chi connectivity index (χ0n) is 11.3. The van der Waals surface area contributed by atoms with Gasteiger partial charge in [-0.15, -0.1) is 0 Å². The zero-order valence-corrected chi connectivity index (χ0v) is 14.5. The third kappa shape index (κ3) is 2.79. The van der Waals surface area contributed by atoms with Gasteiger partial charge in [-0.05, 0) is 48.6 Å². The number of fused-ring (bicyclic) bond motifs is 1. The van der Waals surface area contributed by atoms with E-state index in [1.165, 1.54) is 22.3 Å². The van der Waals surface area contributed by atoms with Crippen LogP contribution >= 0.6 is 31.9 Å². The molecule has 1 unspecified atom stereocenters. The molecule has 0 amide bonds. The largest absolute Gasteiger partial charge is 0.493 e. The molecular formula is C17H16Br2O. The molecule has 1 nitrogen and oxygen atoms in total. The zero-order chi connectivity index (χ0) is 14.1. The molecule has 0 saturated carbocycles. The maximum absolute atomic E-state index is 5.68. The van der Waals surface area contributed by atoms with Crippen molar-refractivity contribution in [3.63, 3.8) is 0 Å². The van der Waals surface area contributed by atoms with E-state index in [4.69, 9.17) is 4.74 Å². The van der Waals surface area contributed by atoms with Crippen LogP contribution in [0.15, 0.2) is 40.9 Å². The second-order valence-electron chi connectivity index (χ2n) is 5.21. The van der Waals surface area contributed by atoms with Crippen LogP contribution in [-0.4, -0.2) is 6.61 Å². The van der Waals surface area contributed by atoms with Gasteiger partial charge < -0.3 is 4.74 Å². The number of aryl methyl sites for hydroxylation is 2. The molecule has 104 valence electrons. The summed E-state index contributed by atoms with van der Waals surface area (Å²) in [5.74, 6) is 1.04. The molecule has 0 N–H and O–H groups in total. The van der Waals surface area contributed by atoms with E-state index < -0.39 is 0 Å². The molecule has 3 heteroatoms. The van der Waals surface area contributed by atoms with Crippen LogP contribution in [0.5, 0.6) is 5.75 Å². The highest BCUT2D eigenvalue weighted by Gasteiger charge is 2.17. The third-order valence-corrected chi connectivity index (χ3v) is 5.39. The Morgan fingerprint density at radius 3 is 2.85 bits per heavy atom. The molecule has 1 heterocycles. The molecule has 0 aromatic heterocycles. The number of halogens is 2. The monoisotopic (exact) mass is 394 g/mol. The fourth-order valence-corrected chi connectivity index (χ4v) is 4.02. The number of hydrogen-bond donors (Lipinski definition) is 0. The Kier molecular flexibility index (Phi) is 4.18. The number of rotatable bonds is 2. The van der Waals surface area contributed by atoms with E-state index in [1.54, 1.807) is 0 Å². The van der Waals surface area contributed by atoms with Crippen molar-refractivity contribution in [2.24, 2.45) is 0 Å². The Morgan fingerprint density at radius 2 is 2.00 bits per heavy atom. The molecule has 20 heavy (non-hydrogen) atoms. The highest BCUT2D eigenvalue weighted by molar-refractivity contribution is 9.11. The normalized spacial score (nSPS) is 15.3. The van der Waals surface area contributed by atoms with Crippen molar-refractivity contribution < 1.29 is 4.74 Å². The minimum atomic E-state index is 0.198. The Labute approximate surface area is 136 Å². The molecule has 1 aliphatic heterocycles. The summed E-state index contributed by atoms with van der Waals surface area (Å²) in [6.07, 6.45) is 2.22. The van der Waals surface area contributed by atoms with Crippen molar-refractivity contribution in [2.45, 2.75) is 24.6 Å². The van der Waals surface area contributed by atoms with Crippen molar-refractivity contribution in [3.8, 4) is 5.75 Å². The van der Waals surface area contributed by atoms with E-state index in [9.17, 15) is 0 Å². The molecule has 2 aromatic rings. The SMILES string of the molecule is Cc1ccc(Br)c(C(Br)c2ccc3c(c2)CCCO3)c1. The average Bonchev–Trinajstić information content (AvgIpc) is 2.48. The Hall–Kier alpha value is -0.800. The Bertz CT molecular complexity index is 637. The first-order valence-electron chi connectivity index (χ1n) is 6.81. The summed E-state index contributed by atoms with van der Waals surface area (Å²) in [5, 5.41) is 0. The first-order chi connectivity index (χ1) is 9.65. The highest BCUT2D eigenvalue weighted by atomic mass is 79.9. The number of alkyl halides is 1. The van der Waals surface area contributed by atoms with Gasteiger partial charge in [-0.25, -0.2) is 0 Å². The smallest absolute Gasteiger partial charge is 0.122 e. The molecule has 0 aliphatic carbocycles. The quantitative estimate of drug-likeness (QED) is 0.604. The lowest BCUT2D eigenvalue weighted by Gasteiger charge is -2.20. The van der Waals surface area contributed by atoms with Crippen molar-refractivity contribution >= 4 is 31.9 Å². The van der Waals surface area contributed by atoms with Crippen LogP contribution in [0.3, 0.4) is 0 Å². The number of benzene rings is 2. The van der Waals surface area contributed by atoms with E-state index in [2.05, 4.69) is 75.2 Å². The predicted molar refractivity (Wildman–Crippen MR) is 89.9 cm³/mol. The van der Waals surface area contributed by atoms with E-state index in [1.807, 2.05) is 0 Å². The highest BCUT2D eigenvalue weighted by Crippen LogP contribution is 2.38. The predicted octanol–water partition coefficient (Wildman–Crippen LogP) is 5.57. The van der Waals surface area contributed by atoms with Crippen molar-refractivity contribution in [1.82, 2.24) is 0 Å². The molecule has 0 radical (unpaired) electrons. The minimum absolute atomic E-state index is 0.198. The third-order valence-electron chi connectivity index (χ3n) is 3.65. The van der Waals surface area contributed by atoms with Crippen molar-refractivity contribution in [2.75, 3.05) is 6.61 Å². The second kappa shape index (κ2) is 5.90. The molecule has 0 bridgehead atoms. The van der Waals surface area contributed by atoms with Crippen LogP contribution in [0.25, 0.3) is 0 Å². The van der Waals surface area contributed by atoms with Crippen LogP contribution in [-0.2, 0) is 6.42 Å². The van der Waals surface area contributed by atoms with Gasteiger partial charge in [0, 0.05) is 4.47 Å². The van der Waals surface area contributed by atoms with Gasteiger partial charge in [-0.2, -0.15) is 0 Å². The summed E-state index contributed by atoms with van der Waals surface area (Å²) in [4.78, 5) is 0.198. The lowest BCUT2D eigenvalue weighted by molar-refractivity contribution is 0.288. The van der Waals surface area contributed by atoms with E-state index in [0.717, 1.165) is 29.7 Å². The second-order valence-corrected chi connectivity index (χ2v) is 6.98. The summed E-state index contributed by atoms with van der Waals surface area (Å²) >= 11 is 7.48. The van der Waals surface area contributed by atoms with E-state index in [0.29, 0.717) is 0 Å². The molecule has 0 saturated heterocycles. The first kappa shape index (κ1) is 14.2. The van der Waals surface area contributed by atoms with Crippen LogP contribution < -0.4 is 4.74 Å². The molecule has 1 aliphatic rings. The summed E-state index contributed by atoms with van der Waals surface area (Å²) in [6, 6.07) is 13.0. The Balaban J connectivity index is 1.97. The van der Waals surface area contributed by atoms with Crippen molar-refractivity contribution in [3.05, 3.63) is 63.1 Å². The van der Waals surface area contributed by atoms with Crippen molar-refractivity contribution in [1.29, 1.82) is 0 Å². The van der Waals surface area contributed by atoms with Crippen LogP contribution in [0.4, 0.5) is 0 Å². The van der Waals surface area contributed by atoms with Crippen LogP contribution in [0.1, 0.15) is 33.5 Å². The summed E-state index contributed by atoms with van der Waals surface area (Å²) in [7, 11) is 0. The number of hydrogen-bond acceptors (Lipinski definition) is 1. The maximum Gasteiger partial charge on any atom is 0.122 e. The van der Waals surface area contributed by atoms with Crippen LogP contribution in [0, 0.1) is 6.92 Å². The Morgan fingerprint density at radius 1 is 1.15 bits per heavy atom. The molecule has 2 aromatic carbocycles. The summed E-state index contributed by atoms with van der Waals surface area (Å²) in [6.45, 7) is 2.96. The molecule has 0 spiro atoms.